The van der Waals surface area contributed by atoms with E-state index in [2.05, 4.69) is 27.4 Å². The molecule has 0 aliphatic heterocycles. The molecule has 0 aliphatic carbocycles. The summed E-state index contributed by atoms with van der Waals surface area (Å²) in [6.45, 7) is 1.77. The van der Waals surface area contributed by atoms with Gasteiger partial charge in [0.15, 0.2) is 0 Å². The van der Waals surface area contributed by atoms with Gasteiger partial charge in [-0.25, -0.2) is 0 Å². The maximum Gasteiger partial charge on any atom is 0.0772 e. The van der Waals surface area contributed by atoms with E-state index in [0.717, 1.165) is 10.0 Å². The molecule has 1 aromatic heterocycles. The third kappa shape index (κ3) is 2.88. The zero-order chi connectivity index (χ0) is 11.5. The predicted molar refractivity (Wildman–Crippen MR) is 73.2 cm³/mol. The highest BCUT2D eigenvalue weighted by atomic mass is 79.9. The second-order valence-corrected chi connectivity index (χ2v) is 6.57. The van der Waals surface area contributed by atoms with Crippen LogP contribution in [-0.2, 0) is 0 Å². The summed E-state index contributed by atoms with van der Waals surface area (Å²) >= 11 is 6.95. The highest BCUT2D eigenvalue weighted by molar-refractivity contribution is 9.10. The van der Waals surface area contributed by atoms with Crippen molar-refractivity contribution < 1.29 is 5.11 Å². The van der Waals surface area contributed by atoms with Gasteiger partial charge in [0.25, 0.3) is 0 Å². The van der Waals surface area contributed by atoms with Crippen LogP contribution in [0.15, 0.2) is 49.3 Å². The lowest BCUT2D eigenvalue weighted by Crippen LogP contribution is -1.92. The molecule has 1 atom stereocenters. The minimum atomic E-state index is -0.435. The van der Waals surface area contributed by atoms with Gasteiger partial charge in [-0.15, -0.1) is 11.3 Å². The Morgan fingerprint density at radius 2 is 2.19 bits per heavy atom. The minimum absolute atomic E-state index is 0.435. The molecule has 2 rings (SSSR count). The Morgan fingerprint density at radius 1 is 1.38 bits per heavy atom. The fourth-order valence-corrected chi connectivity index (χ4v) is 4.00. The molecule has 2 aromatic rings. The molecule has 84 valence electrons. The first-order valence-electron chi connectivity index (χ1n) is 4.85. The van der Waals surface area contributed by atoms with E-state index < -0.39 is 6.10 Å². The Hall–Kier alpha value is -0.290. The summed E-state index contributed by atoms with van der Waals surface area (Å²) in [4.78, 5) is 1.18. The molecule has 0 fully saturated rings. The summed E-state index contributed by atoms with van der Waals surface area (Å²) in [7, 11) is 0. The molecule has 0 saturated heterocycles. The average molecular weight is 315 g/mol. The first-order valence-corrected chi connectivity index (χ1v) is 7.34. The number of hydrogen-bond donors (Lipinski definition) is 1. The summed E-state index contributed by atoms with van der Waals surface area (Å²) in [5.41, 5.74) is 0.926. The monoisotopic (exact) mass is 314 g/mol. The maximum absolute atomic E-state index is 9.52. The number of aliphatic hydroxyl groups is 1. The molecular weight excluding hydrogens is 304 g/mol. The lowest BCUT2D eigenvalue weighted by atomic mass is 10.1. The van der Waals surface area contributed by atoms with Crippen LogP contribution >= 0.6 is 39.0 Å². The van der Waals surface area contributed by atoms with Crippen LogP contribution in [0, 0.1) is 0 Å². The van der Waals surface area contributed by atoms with E-state index in [1.807, 2.05) is 24.3 Å². The van der Waals surface area contributed by atoms with Gasteiger partial charge >= 0.3 is 0 Å². The van der Waals surface area contributed by atoms with Crippen LogP contribution in [0.25, 0.3) is 0 Å². The van der Waals surface area contributed by atoms with Crippen molar-refractivity contribution in [2.75, 3.05) is 0 Å². The van der Waals surface area contributed by atoms with Crippen molar-refractivity contribution in [1.29, 1.82) is 0 Å². The SMILES string of the molecule is CC(O)c1ccc(Sc2cccs2)cc1Br. The van der Waals surface area contributed by atoms with E-state index in [1.54, 1.807) is 30.0 Å². The smallest absolute Gasteiger partial charge is 0.0772 e. The first-order chi connectivity index (χ1) is 7.66. The van der Waals surface area contributed by atoms with Gasteiger partial charge in [0.1, 0.15) is 0 Å². The molecule has 1 aromatic carbocycles. The maximum atomic E-state index is 9.52. The Morgan fingerprint density at radius 3 is 2.75 bits per heavy atom. The van der Waals surface area contributed by atoms with E-state index in [0.29, 0.717) is 0 Å². The molecule has 1 heterocycles. The minimum Gasteiger partial charge on any atom is -0.389 e. The third-order valence-electron chi connectivity index (χ3n) is 2.14. The number of benzene rings is 1. The summed E-state index contributed by atoms with van der Waals surface area (Å²) in [6, 6.07) is 10.2. The average Bonchev–Trinajstić information content (AvgIpc) is 2.70. The van der Waals surface area contributed by atoms with Crippen LogP contribution in [0.1, 0.15) is 18.6 Å². The number of hydrogen-bond acceptors (Lipinski definition) is 3. The van der Waals surface area contributed by atoms with Gasteiger partial charge in [0.2, 0.25) is 0 Å². The van der Waals surface area contributed by atoms with Gasteiger partial charge in [0, 0.05) is 9.37 Å². The third-order valence-corrected chi connectivity index (χ3v) is 4.85. The van der Waals surface area contributed by atoms with E-state index in [9.17, 15) is 5.11 Å². The van der Waals surface area contributed by atoms with E-state index in [1.165, 1.54) is 9.10 Å². The van der Waals surface area contributed by atoms with Crippen molar-refractivity contribution in [2.24, 2.45) is 0 Å². The quantitative estimate of drug-likeness (QED) is 0.885. The molecule has 0 radical (unpaired) electrons. The molecule has 0 spiro atoms. The topological polar surface area (TPSA) is 20.2 Å². The van der Waals surface area contributed by atoms with Crippen molar-refractivity contribution in [3.63, 3.8) is 0 Å². The van der Waals surface area contributed by atoms with E-state index in [-0.39, 0.29) is 0 Å². The molecular formula is C12H11BrOS2. The highest BCUT2D eigenvalue weighted by Gasteiger charge is 2.07. The van der Waals surface area contributed by atoms with Crippen molar-refractivity contribution >= 4 is 39.0 Å². The van der Waals surface area contributed by atoms with Crippen LogP contribution in [-0.4, -0.2) is 5.11 Å². The number of halogens is 1. The number of aliphatic hydroxyl groups excluding tert-OH is 1. The van der Waals surface area contributed by atoms with Crippen LogP contribution in [0.3, 0.4) is 0 Å². The fourth-order valence-electron chi connectivity index (χ4n) is 1.35. The molecule has 1 unspecified atom stereocenters. The van der Waals surface area contributed by atoms with Gasteiger partial charge in [-0.2, -0.15) is 0 Å². The molecule has 0 saturated carbocycles. The normalized spacial score (nSPS) is 12.7. The lowest BCUT2D eigenvalue weighted by molar-refractivity contribution is 0.198. The second-order valence-electron chi connectivity index (χ2n) is 3.39. The molecule has 1 nitrogen and oxygen atoms in total. The van der Waals surface area contributed by atoms with Gasteiger partial charge < -0.3 is 5.11 Å². The van der Waals surface area contributed by atoms with Gasteiger partial charge in [-0.3, -0.25) is 0 Å². The Bertz CT molecular complexity index is 466. The Labute approximate surface area is 112 Å². The van der Waals surface area contributed by atoms with Crippen molar-refractivity contribution in [2.45, 2.75) is 22.1 Å². The largest absolute Gasteiger partial charge is 0.389 e. The van der Waals surface area contributed by atoms with Crippen LogP contribution in [0.2, 0.25) is 0 Å². The molecule has 0 aliphatic rings. The van der Waals surface area contributed by atoms with Crippen molar-refractivity contribution in [3.8, 4) is 0 Å². The molecule has 1 N–H and O–H groups in total. The summed E-state index contributed by atoms with van der Waals surface area (Å²) in [5.74, 6) is 0. The second kappa shape index (κ2) is 5.36. The predicted octanol–water partition coefficient (Wildman–Crippen LogP) is 4.72. The standard InChI is InChI=1S/C12H11BrOS2/c1-8(14)10-5-4-9(7-11(10)13)16-12-3-2-6-15-12/h2-8,14H,1H3. The Kier molecular flexibility index (Phi) is 4.08. The Balaban J connectivity index is 2.21. The van der Waals surface area contributed by atoms with Crippen LogP contribution < -0.4 is 0 Å². The van der Waals surface area contributed by atoms with Crippen LogP contribution in [0.5, 0.6) is 0 Å². The van der Waals surface area contributed by atoms with Gasteiger partial charge in [-0.1, -0.05) is 39.8 Å². The van der Waals surface area contributed by atoms with E-state index >= 15 is 0 Å². The number of thiophene rings is 1. The van der Waals surface area contributed by atoms with E-state index in [4.69, 9.17) is 0 Å². The summed E-state index contributed by atoms with van der Waals surface area (Å²) in [5, 5.41) is 11.6. The highest BCUT2D eigenvalue weighted by Crippen LogP contribution is 2.34. The van der Waals surface area contributed by atoms with Gasteiger partial charge in [-0.05, 0) is 36.1 Å². The molecule has 0 bridgehead atoms. The lowest BCUT2D eigenvalue weighted by Gasteiger charge is -2.08. The van der Waals surface area contributed by atoms with Crippen LogP contribution in [0.4, 0.5) is 0 Å². The van der Waals surface area contributed by atoms with Crippen molar-refractivity contribution in [1.82, 2.24) is 0 Å². The summed E-state index contributed by atoms with van der Waals surface area (Å²) in [6.07, 6.45) is -0.435. The molecule has 16 heavy (non-hydrogen) atoms. The fraction of sp³-hybridized carbons (Fsp3) is 0.167. The molecule has 4 heteroatoms. The van der Waals surface area contributed by atoms with Gasteiger partial charge in [0.05, 0.1) is 10.3 Å². The zero-order valence-electron chi connectivity index (χ0n) is 8.68. The molecule has 0 amide bonds. The van der Waals surface area contributed by atoms with Crippen molar-refractivity contribution in [3.05, 3.63) is 45.7 Å². The zero-order valence-corrected chi connectivity index (χ0v) is 11.9. The first kappa shape index (κ1) is 12.2. The number of rotatable bonds is 3. The summed E-state index contributed by atoms with van der Waals surface area (Å²) < 4.78 is 2.24.